The molecule has 29 heavy (non-hydrogen) atoms. The number of hydrogen-bond donors (Lipinski definition) is 0. The summed E-state index contributed by atoms with van der Waals surface area (Å²) in [6, 6.07) is 16.4. The van der Waals surface area contributed by atoms with E-state index in [-0.39, 0.29) is 11.6 Å². The molecule has 0 fully saturated rings. The predicted octanol–water partition coefficient (Wildman–Crippen LogP) is 6.72. The highest BCUT2D eigenvalue weighted by Gasteiger charge is 2.24. The summed E-state index contributed by atoms with van der Waals surface area (Å²) in [6.45, 7) is 4.24. The van der Waals surface area contributed by atoms with E-state index in [1.165, 1.54) is 5.56 Å². The third-order valence-corrected chi connectivity index (χ3v) is 5.11. The molecule has 1 aliphatic heterocycles. The number of cyclic esters (lactones) is 1. The van der Waals surface area contributed by atoms with E-state index in [4.69, 9.17) is 32.4 Å². The summed E-state index contributed by atoms with van der Waals surface area (Å²) < 4.78 is 11.1. The van der Waals surface area contributed by atoms with Crippen molar-refractivity contribution in [1.82, 2.24) is 0 Å². The molecule has 0 saturated heterocycles. The monoisotopic (exact) mass is 425 g/mol. The molecule has 4 nitrogen and oxygen atoms in total. The van der Waals surface area contributed by atoms with Crippen LogP contribution in [0.3, 0.4) is 0 Å². The van der Waals surface area contributed by atoms with Crippen LogP contribution in [0.4, 0.5) is 0 Å². The zero-order valence-corrected chi connectivity index (χ0v) is 17.3. The van der Waals surface area contributed by atoms with Gasteiger partial charge in [0, 0.05) is 22.2 Å². The highest BCUT2D eigenvalue weighted by Crippen LogP contribution is 2.32. The molecule has 1 aromatic heterocycles. The SMILES string of the molecule is CC(C)c1ccc(C2=NC(=Cc3ccc(-c4cc(Cl)ccc4Cl)o3)C(=O)O2)cc1. The van der Waals surface area contributed by atoms with Crippen molar-refractivity contribution in [3.05, 3.63) is 87.2 Å². The van der Waals surface area contributed by atoms with Crippen LogP contribution in [0.2, 0.25) is 10.0 Å². The highest BCUT2D eigenvalue weighted by atomic mass is 35.5. The van der Waals surface area contributed by atoms with Crippen LogP contribution in [0, 0.1) is 0 Å². The largest absolute Gasteiger partial charge is 0.457 e. The summed E-state index contributed by atoms with van der Waals surface area (Å²) in [7, 11) is 0. The Balaban J connectivity index is 1.61. The van der Waals surface area contributed by atoms with Crippen molar-refractivity contribution in [1.29, 1.82) is 0 Å². The third kappa shape index (κ3) is 4.14. The number of rotatable bonds is 4. The number of nitrogens with zero attached hydrogens (tertiary/aromatic N) is 1. The minimum atomic E-state index is -0.522. The fourth-order valence-electron chi connectivity index (χ4n) is 2.94. The molecule has 3 aromatic rings. The molecular formula is C23H17Cl2NO3. The van der Waals surface area contributed by atoms with Gasteiger partial charge in [-0.1, -0.05) is 49.2 Å². The molecule has 0 radical (unpaired) electrons. The molecule has 2 heterocycles. The lowest BCUT2D eigenvalue weighted by Gasteiger charge is -2.05. The van der Waals surface area contributed by atoms with Crippen molar-refractivity contribution in [2.75, 3.05) is 0 Å². The van der Waals surface area contributed by atoms with Crippen molar-refractivity contribution < 1.29 is 13.9 Å². The molecular weight excluding hydrogens is 409 g/mol. The van der Waals surface area contributed by atoms with Crippen molar-refractivity contribution in [3.63, 3.8) is 0 Å². The van der Waals surface area contributed by atoms with E-state index in [2.05, 4.69) is 18.8 Å². The van der Waals surface area contributed by atoms with Crippen LogP contribution in [-0.2, 0) is 9.53 Å². The Morgan fingerprint density at radius 1 is 1.00 bits per heavy atom. The molecule has 1 aliphatic rings. The van der Waals surface area contributed by atoms with Gasteiger partial charge in [0.1, 0.15) is 11.5 Å². The lowest BCUT2D eigenvalue weighted by atomic mass is 10.0. The second-order valence-corrected chi connectivity index (χ2v) is 7.78. The Hall–Kier alpha value is -2.82. The number of aliphatic imine (C=N–C) groups is 1. The van der Waals surface area contributed by atoms with Gasteiger partial charge in [0.2, 0.25) is 5.90 Å². The van der Waals surface area contributed by atoms with Crippen LogP contribution in [0.25, 0.3) is 17.4 Å². The minimum Gasteiger partial charge on any atom is -0.457 e. The second-order valence-electron chi connectivity index (χ2n) is 6.94. The normalized spacial score (nSPS) is 15.1. The van der Waals surface area contributed by atoms with Gasteiger partial charge in [-0.2, -0.15) is 0 Å². The molecule has 0 amide bonds. The van der Waals surface area contributed by atoms with Gasteiger partial charge in [-0.15, -0.1) is 0 Å². The van der Waals surface area contributed by atoms with Gasteiger partial charge >= 0.3 is 5.97 Å². The first-order valence-corrected chi connectivity index (χ1v) is 9.84. The number of ether oxygens (including phenoxy) is 1. The molecule has 4 rings (SSSR count). The van der Waals surface area contributed by atoms with E-state index in [1.807, 2.05) is 24.3 Å². The zero-order valence-electron chi connectivity index (χ0n) is 15.8. The summed E-state index contributed by atoms with van der Waals surface area (Å²) in [5, 5.41) is 1.08. The first kappa shape index (κ1) is 19.5. The standard InChI is InChI=1S/C23H17Cl2NO3/c1-13(2)14-3-5-15(6-4-14)22-26-20(23(27)29-22)12-17-8-10-21(28-17)18-11-16(24)7-9-19(18)25/h3-13H,1-2H3. The van der Waals surface area contributed by atoms with E-state index < -0.39 is 5.97 Å². The van der Waals surface area contributed by atoms with Crippen LogP contribution in [0.1, 0.15) is 36.7 Å². The average molecular weight is 426 g/mol. The fraction of sp³-hybridized carbons (Fsp3) is 0.130. The van der Waals surface area contributed by atoms with E-state index in [9.17, 15) is 4.79 Å². The van der Waals surface area contributed by atoms with Crippen molar-refractivity contribution in [2.24, 2.45) is 4.99 Å². The van der Waals surface area contributed by atoms with Gasteiger partial charge in [0.05, 0.1) is 5.02 Å². The molecule has 0 N–H and O–H groups in total. The average Bonchev–Trinajstić information content (AvgIpc) is 3.31. The summed E-state index contributed by atoms with van der Waals surface area (Å²) in [6.07, 6.45) is 1.54. The summed E-state index contributed by atoms with van der Waals surface area (Å²) in [5.41, 5.74) is 2.80. The molecule has 0 saturated carbocycles. The molecule has 0 atom stereocenters. The number of carbonyl (C=O) groups is 1. The number of halogens is 2. The first-order valence-electron chi connectivity index (χ1n) is 9.09. The van der Waals surface area contributed by atoms with Crippen molar-refractivity contribution >= 4 is 41.1 Å². The van der Waals surface area contributed by atoms with Crippen LogP contribution in [0.15, 0.2) is 69.7 Å². The number of hydrogen-bond acceptors (Lipinski definition) is 4. The maximum absolute atomic E-state index is 12.2. The Morgan fingerprint density at radius 3 is 2.48 bits per heavy atom. The Bertz CT molecular complexity index is 1140. The summed E-state index contributed by atoms with van der Waals surface area (Å²) in [5.74, 6) is 1.19. The molecule has 0 spiro atoms. The zero-order chi connectivity index (χ0) is 20.5. The molecule has 0 aliphatic carbocycles. The minimum absolute atomic E-state index is 0.172. The molecule has 146 valence electrons. The predicted molar refractivity (Wildman–Crippen MR) is 115 cm³/mol. The van der Waals surface area contributed by atoms with Crippen LogP contribution in [0.5, 0.6) is 0 Å². The third-order valence-electron chi connectivity index (χ3n) is 4.54. The van der Waals surface area contributed by atoms with Gasteiger partial charge in [0.15, 0.2) is 5.70 Å². The highest BCUT2D eigenvalue weighted by molar-refractivity contribution is 6.35. The van der Waals surface area contributed by atoms with Gasteiger partial charge in [0.25, 0.3) is 0 Å². The fourth-order valence-corrected chi connectivity index (χ4v) is 3.32. The van der Waals surface area contributed by atoms with E-state index >= 15 is 0 Å². The van der Waals surface area contributed by atoms with Gasteiger partial charge < -0.3 is 9.15 Å². The molecule has 0 unspecified atom stereocenters. The number of carbonyl (C=O) groups excluding carboxylic acids is 1. The summed E-state index contributed by atoms with van der Waals surface area (Å²) >= 11 is 12.3. The molecule has 6 heteroatoms. The van der Waals surface area contributed by atoms with Crippen molar-refractivity contribution in [3.8, 4) is 11.3 Å². The Morgan fingerprint density at radius 2 is 1.76 bits per heavy atom. The first-order chi connectivity index (χ1) is 13.9. The summed E-state index contributed by atoms with van der Waals surface area (Å²) in [4.78, 5) is 16.5. The quantitative estimate of drug-likeness (QED) is 0.344. The smallest absolute Gasteiger partial charge is 0.363 e. The van der Waals surface area contributed by atoms with E-state index in [1.54, 1.807) is 36.4 Å². The second kappa shape index (κ2) is 7.90. The van der Waals surface area contributed by atoms with Crippen LogP contribution in [-0.4, -0.2) is 11.9 Å². The lowest BCUT2D eigenvalue weighted by Crippen LogP contribution is -2.05. The van der Waals surface area contributed by atoms with Gasteiger partial charge in [-0.3, -0.25) is 0 Å². The Kier molecular flexibility index (Phi) is 5.31. The van der Waals surface area contributed by atoms with Gasteiger partial charge in [-0.25, -0.2) is 9.79 Å². The number of benzene rings is 2. The van der Waals surface area contributed by atoms with E-state index in [0.717, 1.165) is 5.56 Å². The Labute approximate surface area is 178 Å². The van der Waals surface area contributed by atoms with Crippen LogP contribution >= 0.6 is 23.2 Å². The number of furan rings is 1. The molecule has 2 aromatic carbocycles. The topological polar surface area (TPSA) is 51.8 Å². The van der Waals surface area contributed by atoms with Gasteiger partial charge in [-0.05, 0) is 53.9 Å². The maximum Gasteiger partial charge on any atom is 0.363 e. The lowest BCUT2D eigenvalue weighted by molar-refractivity contribution is -0.129. The van der Waals surface area contributed by atoms with Crippen molar-refractivity contribution in [2.45, 2.75) is 19.8 Å². The molecule has 0 bridgehead atoms. The van der Waals surface area contributed by atoms with Crippen LogP contribution < -0.4 is 0 Å². The van der Waals surface area contributed by atoms with E-state index in [0.29, 0.717) is 33.0 Å². The maximum atomic E-state index is 12.2. The number of esters is 1.